The molecule has 0 spiro atoms. The summed E-state index contributed by atoms with van der Waals surface area (Å²) in [5.41, 5.74) is 0.965. The Morgan fingerprint density at radius 1 is 1.03 bits per heavy atom. The van der Waals surface area contributed by atoms with Crippen LogP contribution in [0.1, 0.15) is 12.5 Å². The minimum absolute atomic E-state index is 0.00740. The summed E-state index contributed by atoms with van der Waals surface area (Å²) in [4.78, 5) is 14.4. The lowest BCUT2D eigenvalue weighted by atomic mass is 10.1. The third-order valence-corrected chi connectivity index (χ3v) is 6.09. The third kappa shape index (κ3) is 4.72. The van der Waals surface area contributed by atoms with Crippen molar-refractivity contribution in [2.24, 2.45) is 0 Å². The summed E-state index contributed by atoms with van der Waals surface area (Å²) in [6, 6.07) is 8.56. The average molecular weight is 459 g/mol. The molecule has 2 aromatic heterocycles. The fraction of sp³-hybridized carbons (Fsp3) is 0.200. The van der Waals surface area contributed by atoms with Crippen LogP contribution in [0, 0.1) is 0 Å². The van der Waals surface area contributed by atoms with Gasteiger partial charge >= 0.3 is 10.2 Å². The van der Waals surface area contributed by atoms with E-state index in [1.54, 1.807) is 29.0 Å². The SMILES string of the molecule is O=c1ccc(-c2cccnc2Oc2ccc(S(F)(F)(F)(F)F)cc2)cn1C1CCNC1. The highest BCUT2D eigenvalue weighted by Gasteiger charge is 2.65. The number of pyridine rings is 2. The number of nitrogens with one attached hydrogen (secondary N) is 1. The normalized spacial score (nSPS) is 18.9. The third-order valence-electron chi connectivity index (χ3n) is 4.93. The van der Waals surface area contributed by atoms with E-state index >= 15 is 0 Å². The van der Waals surface area contributed by atoms with E-state index in [1.807, 2.05) is 0 Å². The summed E-state index contributed by atoms with van der Waals surface area (Å²) in [7, 11) is -9.76. The van der Waals surface area contributed by atoms with E-state index in [0.717, 1.165) is 25.1 Å². The predicted molar refractivity (Wildman–Crippen MR) is 108 cm³/mol. The quantitative estimate of drug-likeness (QED) is 0.483. The molecule has 0 saturated carbocycles. The maximum absolute atomic E-state index is 12.9. The Labute approximate surface area is 174 Å². The second-order valence-corrected chi connectivity index (χ2v) is 9.62. The number of halogens is 5. The van der Waals surface area contributed by atoms with Gasteiger partial charge < -0.3 is 14.6 Å². The van der Waals surface area contributed by atoms with Crippen molar-refractivity contribution in [1.82, 2.24) is 14.9 Å². The van der Waals surface area contributed by atoms with Gasteiger partial charge in [0.15, 0.2) is 0 Å². The molecule has 1 aliphatic heterocycles. The lowest BCUT2D eigenvalue weighted by Crippen LogP contribution is -2.25. The van der Waals surface area contributed by atoms with Crippen LogP contribution in [0.4, 0.5) is 19.4 Å². The van der Waals surface area contributed by atoms with E-state index in [0.29, 0.717) is 17.7 Å². The first-order valence-electron chi connectivity index (χ1n) is 9.31. The summed E-state index contributed by atoms with van der Waals surface area (Å²) in [6.45, 7) is 1.47. The molecule has 0 radical (unpaired) electrons. The van der Waals surface area contributed by atoms with Crippen LogP contribution >= 0.6 is 10.2 Å². The van der Waals surface area contributed by atoms with Gasteiger partial charge in [-0.25, -0.2) is 4.98 Å². The fourth-order valence-electron chi connectivity index (χ4n) is 3.39. The fourth-order valence-corrected chi connectivity index (χ4v) is 4.04. The molecule has 1 atom stereocenters. The summed E-state index contributed by atoms with van der Waals surface area (Å²) >= 11 is 0. The van der Waals surface area contributed by atoms with Crippen molar-refractivity contribution in [2.45, 2.75) is 17.4 Å². The average Bonchev–Trinajstić information content (AvgIpc) is 3.22. The van der Waals surface area contributed by atoms with Crippen molar-refractivity contribution in [2.75, 3.05) is 13.1 Å². The molecule has 1 unspecified atom stereocenters. The van der Waals surface area contributed by atoms with Crippen molar-refractivity contribution in [3.8, 4) is 22.8 Å². The molecular weight excluding hydrogens is 441 g/mol. The Morgan fingerprint density at radius 2 is 1.77 bits per heavy atom. The monoisotopic (exact) mass is 459 g/mol. The predicted octanol–water partition coefficient (Wildman–Crippen LogP) is 5.89. The molecule has 0 aliphatic carbocycles. The first kappa shape index (κ1) is 21.3. The topological polar surface area (TPSA) is 56.1 Å². The number of nitrogens with zero attached hydrogens (tertiary/aromatic N) is 2. The highest BCUT2D eigenvalue weighted by molar-refractivity contribution is 8.45. The van der Waals surface area contributed by atoms with Crippen LogP contribution in [0.3, 0.4) is 0 Å². The van der Waals surface area contributed by atoms with Crippen molar-refractivity contribution in [1.29, 1.82) is 0 Å². The van der Waals surface area contributed by atoms with Crippen LogP contribution in [0.5, 0.6) is 11.6 Å². The van der Waals surface area contributed by atoms with Crippen LogP contribution in [0.15, 0.2) is 70.6 Å². The Hall–Kier alpha value is -2.92. The highest BCUT2D eigenvalue weighted by atomic mass is 32.5. The van der Waals surface area contributed by atoms with Gasteiger partial charge in [-0.05, 0) is 55.4 Å². The van der Waals surface area contributed by atoms with Crippen LogP contribution < -0.4 is 15.6 Å². The first-order chi connectivity index (χ1) is 14.4. The molecule has 11 heteroatoms. The zero-order valence-electron chi connectivity index (χ0n) is 16.0. The van der Waals surface area contributed by atoms with Gasteiger partial charge in [0.1, 0.15) is 10.6 Å². The van der Waals surface area contributed by atoms with Gasteiger partial charge in [-0.1, -0.05) is 19.4 Å². The van der Waals surface area contributed by atoms with Gasteiger partial charge in [0.2, 0.25) is 5.88 Å². The highest BCUT2D eigenvalue weighted by Crippen LogP contribution is 3.02. The molecule has 31 heavy (non-hydrogen) atoms. The Balaban J connectivity index is 1.66. The maximum Gasteiger partial charge on any atom is 0.310 e. The molecule has 1 N–H and O–H groups in total. The van der Waals surface area contributed by atoms with Gasteiger partial charge in [0.25, 0.3) is 5.56 Å². The van der Waals surface area contributed by atoms with Gasteiger partial charge in [0, 0.05) is 36.1 Å². The summed E-state index contributed by atoms with van der Waals surface area (Å²) in [6.07, 6.45) is 3.91. The molecule has 4 rings (SSSR count). The molecule has 166 valence electrons. The minimum Gasteiger partial charge on any atom is -0.438 e. The molecule has 0 amide bonds. The van der Waals surface area contributed by atoms with Gasteiger partial charge in [-0.2, -0.15) is 0 Å². The van der Waals surface area contributed by atoms with Gasteiger partial charge in [0.05, 0.1) is 6.04 Å². The smallest absolute Gasteiger partial charge is 0.310 e. The number of aromatic nitrogens is 2. The lowest BCUT2D eigenvalue weighted by molar-refractivity contribution is 0.363. The zero-order valence-corrected chi connectivity index (χ0v) is 16.8. The van der Waals surface area contributed by atoms with E-state index < -0.39 is 15.1 Å². The molecule has 1 fully saturated rings. The van der Waals surface area contributed by atoms with Crippen molar-refractivity contribution >= 4 is 10.2 Å². The van der Waals surface area contributed by atoms with E-state index in [-0.39, 0.29) is 35.4 Å². The maximum atomic E-state index is 12.9. The van der Waals surface area contributed by atoms with E-state index in [1.165, 1.54) is 12.3 Å². The first-order valence-corrected chi connectivity index (χ1v) is 11.3. The second-order valence-electron chi connectivity index (χ2n) is 7.21. The standard InChI is InChI=1S/C20H18F5N3O2S/c21-31(22,23,24,25)17-6-4-16(5-7-17)30-20-18(2-1-10-27-20)14-3-8-19(29)28(13-14)15-9-11-26-12-15/h1-8,10,13,15,26H,9,11-12H2. The van der Waals surface area contributed by atoms with Crippen molar-refractivity contribution < 1.29 is 24.2 Å². The molecule has 0 bridgehead atoms. The largest absolute Gasteiger partial charge is 0.438 e. The second kappa shape index (κ2) is 6.79. The molecule has 1 aromatic carbocycles. The Morgan fingerprint density at radius 3 is 2.42 bits per heavy atom. The number of hydrogen-bond acceptors (Lipinski definition) is 4. The number of ether oxygens (including phenoxy) is 1. The minimum atomic E-state index is -9.76. The summed E-state index contributed by atoms with van der Waals surface area (Å²) in [5.74, 6) is -0.0174. The molecule has 3 heterocycles. The molecule has 1 aliphatic rings. The summed E-state index contributed by atoms with van der Waals surface area (Å²) in [5, 5.41) is 3.19. The van der Waals surface area contributed by atoms with Crippen molar-refractivity contribution in [3.05, 3.63) is 71.3 Å². The van der Waals surface area contributed by atoms with Crippen LogP contribution in [-0.4, -0.2) is 22.6 Å². The van der Waals surface area contributed by atoms with Gasteiger partial charge in [-0.3, -0.25) is 4.79 Å². The number of benzene rings is 1. The lowest BCUT2D eigenvalue weighted by Gasteiger charge is -2.40. The number of rotatable bonds is 5. The summed E-state index contributed by atoms with van der Waals surface area (Å²) < 4.78 is 71.7. The van der Waals surface area contributed by atoms with Crippen LogP contribution in [0.25, 0.3) is 11.1 Å². The molecule has 1 saturated heterocycles. The van der Waals surface area contributed by atoms with E-state index in [4.69, 9.17) is 4.74 Å². The zero-order chi connectivity index (χ0) is 22.3. The number of hydrogen-bond donors (Lipinski definition) is 1. The molecular formula is C20H18F5N3O2S. The van der Waals surface area contributed by atoms with Gasteiger partial charge in [-0.15, -0.1) is 0 Å². The van der Waals surface area contributed by atoms with E-state index in [2.05, 4.69) is 10.3 Å². The van der Waals surface area contributed by atoms with E-state index in [9.17, 15) is 24.2 Å². The van der Waals surface area contributed by atoms with Crippen molar-refractivity contribution in [3.63, 3.8) is 0 Å². The van der Waals surface area contributed by atoms with Crippen LogP contribution in [0.2, 0.25) is 0 Å². The van der Waals surface area contributed by atoms with Crippen LogP contribution in [-0.2, 0) is 0 Å². The molecule has 3 aromatic rings. The molecule has 5 nitrogen and oxygen atoms in total. The Bertz CT molecular complexity index is 1180. The Kier molecular flexibility index (Phi) is 4.67.